The van der Waals surface area contributed by atoms with E-state index in [2.05, 4.69) is 52.0 Å². The van der Waals surface area contributed by atoms with Crippen molar-refractivity contribution in [3.05, 3.63) is 46.5 Å². The molecule has 19 heavy (non-hydrogen) atoms. The second-order valence-electron chi connectivity index (χ2n) is 7.18. The molecule has 2 aliphatic carbocycles. The summed E-state index contributed by atoms with van der Waals surface area (Å²) in [4.78, 5) is 0. The highest BCUT2D eigenvalue weighted by Gasteiger charge is 2.41. The van der Waals surface area contributed by atoms with Crippen LogP contribution in [0, 0.1) is 5.92 Å². The van der Waals surface area contributed by atoms with Crippen molar-refractivity contribution >= 4 is 0 Å². The van der Waals surface area contributed by atoms with E-state index in [4.69, 9.17) is 0 Å². The summed E-state index contributed by atoms with van der Waals surface area (Å²) in [5.41, 5.74) is 6.76. The number of aryl methyl sites for hydroxylation is 1. The Balaban J connectivity index is 0.00000147. The Hall–Kier alpha value is -1.04. The van der Waals surface area contributed by atoms with Crippen molar-refractivity contribution in [3.63, 3.8) is 0 Å². The number of benzene rings is 1. The van der Waals surface area contributed by atoms with Gasteiger partial charge < -0.3 is 0 Å². The summed E-state index contributed by atoms with van der Waals surface area (Å²) < 4.78 is 0. The minimum Gasteiger partial charge on any atom is -0.0847 e. The van der Waals surface area contributed by atoms with Crippen LogP contribution in [0.15, 0.2) is 29.8 Å². The number of allylic oxidation sites excluding steroid dienone is 2. The van der Waals surface area contributed by atoms with Gasteiger partial charge in [0.1, 0.15) is 0 Å². The van der Waals surface area contributed by atoms with Crippen LogP contribution in [0.25, 0.3) is 0 Å². The van der Waals surface area contributed by atoms with Crippen molar-refractivity contribution < 1.29 is 1.43 Å². The molecule has 0 heterocycles. The van der Waals surface area contributed by atoms with Gasteiger partial charge in [0.15, 0.2) is 0 Å². The summed E-state index contributed by atoms with van der Waals surface area (Å²) >= 11 is 0. The molecule has 0 spiro atoms. The Labute approximate surface area is 119 Å². The number of hydrogen-bond donors (Lipinski definition) is 0. The third-order valence-electron chi connectivity index (χ3n) is 5.52. The first-order chi connectivity index (χ1) is 9.00. The van der Waals surface area contributed by atoms with Crippen molar-refractivity contribution in [1.82, 2.24) is 0 Å². The van der Waals surface area contributed by atoms with Crippen LogP contribution < -0.4 is 0 Å². The van der Waals surface area contributed by atoms with Crippen LogP contribution in [0.3, 0.4) is 0 Å². The highest BCUT2D eigenvalue weighted by atomic mass is 14.4. The van der Waals surface area contributed by atoms with Crippen molar-refractivity contribution in [2.45, 2.75) is 64.7 Å². The smallest absolute Gasteiger partial charge is 0.0847 e. The zero-order valence-electron chi connectivity index (χ0n) is 13.8. The molecule has 2 unspecified atom stereocenters. The minimum absolute atomic E-state index is 0. The Bertz CT molecular complexity index is 527. The van der Waals surface area contributed by atoms with Crippen LogP contribution in [0.1, 0.15) is 71.0 Å². The number of rotatable bonds is 1. The lowest BCUT2D eigenvalue weighted by atomic mass is 9.59. The van der Waals surface area contributed by atoms with Gasteiger partial charge in [-0.15, -0.1) is 0 Å². The number of fused-ring (bicyclic) bond motifs is 3. The van der Waals surface area contributed by atoms with Crippen LogP contribution >= 0.6 is 0 Å². The summed E-state index contributed by atoms with van der Waals surface area (Å²) in [7, 11) is 0. The topological polar surface area (TPSA) is 0 Å². The first-order valence-electron chi connectivity index (χ1n) is 7.79. The van der Waals surface area contributed by atoms with Gasteiger partial charge in [-0.2, -0.15) is 0 Å². The van der Waals surface area contributed by atoms with E-state index in [1.165, 1.54) is 31.2 Å². The standard InChI is InChI=1S/C19H26/c1-13(2)15-6-8-18-16(12-15)5-7-17-11-14(3)9-10-19(17,18)4/h6,8-9,12-13,17H,5,7,10-11H2,1-4H3/p+1. The first kappa shape index (κ1) is 13.0. The van der Waals surface area contributed by atoms with Crippen LogP contribution in [-0.2, 0) is 11.8 Å². The summed E-state index contributed by atoms with van der Waals surface area (Å²) in [6.07, 6.45) is 7.67. The largest absolute Gasteiger partial charge is 1.00 e. The lowest BCUT2D eigenvalue weighted by Gasteiger charge is -2.46. The zero-order chi connectivity index (χ0) is 13.6. The molecule has 0 saturated carbocycles. The minimum atomic E-state index is 0. The molecule has 0 heteroatoms. The van der Waals surface area contributed by atoms with Gasteiger partial charge in [0.25, 0.3) is 0 Å². The van der Waals surface area contributed by atoms with Crippen LogP contribution in [0.2, 0.25) is 0 Å². The molecule has 0 aliphatic heterocycles. The molecule has 0 fully saturated rings. The molecule has 2 aliphatic rings. The van der Waals surface area contributed by atoms with Gasteiger partial charge in [0.2, 0.25) is 0 Å². The fraction of sp³-hybridized carbons (Fsp3) is 0.579. The molecule has 0 aromatic heterocycles. The molecule has 0 nitrogen and oxygen atoms in total. The Morgan fingerprint density at radius 3 is 2.84 bits per heavy atom. The van der Waals surface area contributed by atoms with Gasteiger partial charge >= 0.3 is 1.43 Å². The molecule has 0 radical (unpaired) electrons. The molecule has 2 atom stereocenters. The maximum absolute atomic E-state index is 2.49. The van der Waals surface area contributed by atoms with Crippen molar-refractivity contribution in [2.75, 3.05) is 0 Å². The quantitative estimate of drug-likeness (QED) is 0.583. The van der Waals surface area contributed by atoms with Gasteiger partial charge in [-0.1, -0.05) is 50.6 Å². The molecule has 102 valence electrons. The molecule has 0 bridgehead atoms. The molecule has 1 aromatic carbocycles. The SMILES string of the molecule is CC1=CCC2(C)c3ccc(C(C)C)cc3CCC2C1.[H+]. The lowest BCUT2D eigenvalue weighted by Crippen LogP contribution is -2.38. The van der Waals surface area contributed by atoms with E-state index in [1.807, 2.05) is 0 Å². The van der Waals surface area contributed by atoms with E-state index >= 15 is 0 Å². The Morgan fingerprint density at radius 1 is 1.32 bits per heavy atom. The second-order valence-corrected chi connectivity index (χ2v) is 7.18. The van der Waals surface area contributed by atoms with Crippen molar-refractivity contribution in [1.29, 1.82) is 0 Å². The molecular weight excluding hydrogens is 228 g/mol. The summed E-state index contributed by atoms with van der Waals surface area (Å²) in [5, 5.41) is 0. The summed E-state index contributed by atoms with van der Waals surface area (Å²) in [5.74, 6) is 1.50. The predicted octanol–water partition coefficient (Wildman–Crippen LogP) is 5.48. The molecule has 0 saturated heterocycles. The molecular formula is C19H27+. The molecule has 0 amide bonds. The van der Waals surface area contributed by atoms with Gasteiger partial charge in [0.05, 0.1) is 0 Å². The zero-order valence-corrected chi connectivity index (χ0v) is 12.8. The third kappa shape index (κ3) is 2.06. The number of hydrogen-bond acceptors (Lipinski definition) is 0. The van der Waals surface area contributed by atoms with Crippen LogP contribution in [0.5, 0.6) is 0 Å². The Kier molecular flexibility index (Phi) is 3.08. The fourth-order valence-electron chi connectivity index (χ4n) is 4.07. The highest BCUT2D eigenvalue weighted by Crippen LogP contribution is 2.49. The average Bonchev–Trinajstić information content (AvgIpc) is 2.39. The maximum atomic E-state index is 2.49. The van der Waals surface area contributed by atoms with Crippen LogP contribution in [-0.4, -0.2) is 0 Å². The van der Waals surface area contributed by atoms with E-state index in [0.717, 1.165) is 5.92 Å². The lowest BCUT2D eigenvalue weighted by molar-refractivity contribution is 0.241. The van der Waals surface area contributed by atoms with Gasteiger partial charge in [-0.05, 0) is 66.5 Å². The molecule has 1 aromatic rings. The van der Waals surface area contributed by atoms with E-state index < -0.39 is 0 Å². The van der Waals surface area contributed by atoms with E-state index in [9.17, 15) is 0 Å². The monoisotopic (exact) mass is 255 g/mol. The Morgan fingerprint density at radius 2 is 2.11 bits per heavy atom. The molecule has 0 N–H and O–H groups in total. The second kappa shape index (κ2) is 4.51. The fourth-order valence-corrected chi connectivity index (χ4v) is 4.07. The summed E-state index contributed by atoms with van der Waals surface area (Å²) in [6.45, 7) is 9.38. The van der Waals surface area contributed by atoms with E-state index in [-0.39, 0.29) is 1.43 Å². The van der Waals surface area contributed by atoms with Crippen molar-refractivity contribution in [2.24, 2.45) is 5.92 Å². The van der Waals surface area contributed by atoms with Gasteiger partial charge in [0, 0.05) is 0 Å². The van der Waals surface area contributed by atoms with Crippen molar-refractivity contribution in [3.8, 4) is 0 Å². The van der Waals surface area contributed by atoms with E-state index in [0.29, 0.717) is 11.3 Å². The van der Waals surface area contributed by atoms with Gasteiger partial charge in [-0.25, -0.2) is 0 Å². The maximum Gasteiger partial charge on any atom is 1.00 e. The molecule has 3 rings (SSSR count). The third-order valence-corrected chi connectivity index (χ3v) is 5.52. The first-order valence-corrected chi connectivity index (χ1v) is 7.79. The highest BCUT2D eigenvalue weighted by molar-refractivity contribution is 5.42. The van der Waals surface area contributed by atoms with Gasteiger partial charge in [-0.3, -0.25) is 0 Å². The predicted molar refractivity (Wildman–Crippen MR) is 83.8 cm³/mol. The summed E-state index contributed by atoms with van der Waals surface area (Å²) in [6, 6.07) is 7.28. The normalized spacial score (nSPS) is 29.7. The van der Waals surface area contributed by atoms with Crippen LogP contribution in [0.4, 0.5) is 0 Å². The average molecular weight is 255 g/mol. The van der Waals surface area contributed by atoms with E-state index in [1.54, 1.807) is 16.7 Å².